The van der Waals surface area contributed by atoms with Crippen LogP contribution in [0.5, 0.6) is 0 Å². The van der Waals surface area contributed by atoms with Crippen LogP contribution in [0.2, 0.25) is 5.02 Å². The highest BCUT2D eigenvalue weighted by atomic mass is 35.5. The van der Waals surface area contributed by atoms with E-state index in [4.69, 9.17) is 16.3 Å². The number of hydrogen-bond donors (Lipinski definition) is 1. The van der Waals surface area contributed by atoms with Gasteiger partial charge < -0.3 is 10.1 Å². The molecule has 1 N–H and O–H groups in total. The molecule has 4 nitrogen and oxygen atoms in total. The maximum Gasteiger partial charge on any atom is 0.224 e. The summed E-state index contributed by atoms with van der Waals surface area (Å²) in [6.07, 6.45) is 3.17. The van der Waals surface area contributed by atoms with Gasteiger partial charge in [0.1, 0.15) is 0 Å². The standard InChI is InChI=1S/C19H29ClN2O2/c1-15(2)24-12-4-10-21-19(23)17-5-3-11-22(14-17)13-16-6-8-18(20)9-7-16/h6-9,15,17H,3-5,10-14H2,1-2H3,(H,21,23)/t17-/m0/s1. The Labute approximate surface area is 150 Å². The molecule has 2 rings (SSSR count). The number of amides is 1. The first-order chi connectivity index (χ1) is 11.5. The lowest BCUT2D eigenvalue weighted by Gasteiger charge is -2.32. The monoisotopic (exact) mass is 352 g/mol. The first-order valence-corrected chi connectivity index (χ1v) is 9.28. The lowest BCUT2D eigenvalue weighted by atomic mass is 9.96. The molecule has 1 fully saturated rings. The van der Waals surface area contributed by atoms with E-state index in [-0.39, 0.29) is 17.9 Å². The van der Waals surface area contributed by atoms with Crippen LogP contribution in [0.25, 0.3) is 0 Å². The van der Waals surface area contributed by atoms with E-state index in [0.29, 0.717) is 13.2 Å². The molecule has 0 aliphatic carbocycles. The van der Waals surface area contributed by atoms with E-state index in [1.54, 1.807) is 0 Å². The smallest absolute Gasteiger partial charge is 0.224 e. The average Bonchev–Trinajstić information content (AvgIpc) is 2.56. The number of likely N-dealkylation sites (tertiary alicyclic amines) is 1. The molecule has 134 valence electrons. The fourth-order valence-electron chi connectivity index (χ4n) is 3.01. The van der Waals surface area contributed by atoms with Gasteiger partial charge >= 0.3 is 0 Å². The molecular formula is C19H29ClN2O2. The molecule has 0 aromatic heterocycles. The summed E-state index contributed by atoms with van der Waals surface area (Å²) in [7, 11) is 0. The van der Waals surface area contributed by atoms with Crippen LogP contribution < -0.4 is 5.32 Å². The molecule has 1 atom stereocenters. The highest BCUT2D eigenvalue weighted by molar-refractivity contribution is 6.30. The summed E-state index contributed by atoms with van der Waals surface area (Å²) < 4.78 is 5.49. The van der Waals surface area contributed by atoms with E-state index in [2.05, 4.69) is 22.3 Å². The summed E-state index contributed by atoms with van der Waals surface area (Å²) in [6, 6.07) is 7.95. The van der Waals surface area contributed by atoms with Crippen LogP contribution in [-0.4, -0.2) is 43.2 Å². The van der Waals surface area contributed by atoms with Crippen molar-refractivity contribution in [3.63, 3.8) is 0 Å². The minimum absolute atomic E-state index is 0.0945. The van der Waals surface area contributed by atoms with E-state index < -0.39 is 0 Å². The topological polar surface area (TPSA) is 41.6 Å². The van der Waals surface area contributed by atoms with Gasteiger partial charge in [0.2, 0.25) is 5.91 Å². The largest absolute Gasteiger partial charge is 0.379 e. The Morgan fingerprint density at radius 3 is 2.83 bits per heavy atom. The van der Waals surface area contributed by atoms with Crippen LogP contribution in [0, 0.1) is 5.92 Å². The van der Waals surface area contributed by atoms with Gasteiger partial charge in [0.05, 0.1) is 12.0 Å². The fraction of sp³-hybridized carbons (Fsp3) is 0.632. The Morgan fingerprint density at radius 2 is 2.12 bits per heavy atom. The SMILES string of the molecule is CC(C)OCCCNC(=O)[C@H]1CCCN(Cc2ccc(Cl)cc2)C1. The lowest BCUT2D eigenvalue weighted by Crippen LogP contribution is -2.43. The summed E-state index contributed by atoms with van der Waals surface area (Å²) in [4.78, 5) is 14.7. The minimum Gasteiger partial charge on any atom is -0.379 e. The van der Waals surface area contributed by atoms with Crippen molar-refractivity contribution in [1.29, 1.82) is 0 Å². The van der Waals surface area contributed by atoms with Gasteiger partial charge in [-0.3, -0.25) is 9.69 Å². The van der Waals surface area contributed by atoms with Gasteiger partial charge in [-0.2, -0.15) is 0 Å². The molecule has 5 heteroatoms. The van der Waals surface area contributed by atoms with Crippen molar-refractivity contribution in [3.05, 3.63) is 34.9 Å². The Hall–Kier alpha value is -1.10. The summed E-state index contributed by atoms with van der Waals surface area (Å²) in [6.45, 7) is 8.20. The van der Waals surface area contributed by atoms with Gasteiger partial charge in [-0.15, -0.1) is 0 Å². The Morgan fingerprint density at radius 1 is 1.38 bits per heavy atom. The van der Waals surface area contributed by atoms with E-state index in [1.165, 1.54) is 5.56 Å². The van der Waals surface area contributed by atoms with E-state index in [0.717, 1.165) is 43.9 Å². The molecule has 0 spiro atoms. The summed E-state index contributed by atoms with van der Waals surface area (Å²) in [5.41, 5.74) is 1.24. The number of ether oxygens (including phenoxy) is 1. The zero-order valence-electron chi connectivity index (χ0n) is 14.8. The second-order valence-corrected chi connectivity index (χ2v) is 7.20. The van der Waals surface area contributed by atoms with Gasteiger partial charge in [0, 0.05) is 31.3 Å². The maximum absolute atomic E-state index is 12.3. The molecule has 1 aliphatic rings. The molecule has 1 aromatic rings. The Kier molecular flexibility index (Phi) is 8.03. The van der Waals surface area contributed by atoms with Gasteiger partial charge in [0.15, 0.2) is 0 Å². The molecule has 1 aliphatic heterocycles. The second-order valence-electron chi connectivity index (χ2n) is 6.76. The van der Waals surface area contributed by atoms with Gasteiger partial charge in [-0.25, -0.2) is 0 Å². The van der Waals surface area contributed by atoms with Gasteiger partial charge in [-0.1, -0.05) is 23.7 Å². The van der Waals surface area contributed by atoms with Crippen LogP contribution in [0.1, 0.15) is 38.7 Å². The molecule has 0 bridgehead atoms. The molecule has 24 heavy (non-hydrogen) atoms. The lowest BCUT2D eigenvalue weighted by molar-refractivity contribution is -0.126. The predicted molar refractivity (Wildman–Crippen MR) is 98.2 cm³/mol. The number of rotatable bonds is 8. The van der Waals surface area contributed by atoms with Crippen LogP contribution in [0.15, 0.2) is 24.3 Å². The molecule has 0 saturated carbocycles. The Bertz CT molecular complexity index is 505. The first kappa shape index (κ1) is 19.2. The zero-order valence-corrected chi connectivity index (χ0v) is 15.5. The number of hydrogen-bond acceptors (Lipinski definition) is 3. The van der Waals surface area contributed by atoms with Crippen molar-refractivity contribution in [1.82, 2.24) is 10.2 Å². The number of carbonyl (C=O) groups is 1. The average molecular weight is 353 g/mol. The molecule has 1 heterocycles. The number of halogens is 1. The number of piperidine rings is 1. The Balaban J connectivity index is 1.71. The van der Waals surface area contributed by atoms with Crippen molar-refractivity contribution < 1.29 is 9.53 Å². The highest BCUT2D eigenvalue weighted by Gasteiger charge is 2.25. The van der Waals surface area contributed by atoms with Crippen molar-refractivity contribution in [2.24, 2.45) is 5.92 Å². The summed E-state index contributed by atoms with van der Waals surface area (Å²) in [5.74, 6) is 0.275. The number of carbonyl (C=O) groups excluding carboxylic acids is 1. The van der Waals surface area contributed by atoms with E-state index in [9.17, 15) is 4.79 Å². The predicted octanol–water partition coefficient (Wildman–Crippen LogP) is 3.48. The number of benzene rings is 1. The number of nitrogens with zero attached hydrogens (tertiary/aromatic N) is 1. The van der Waals surface area contributed by atoms with Crippen LogP contribution >= 0.6 is 11.6 Å². The van der Waals surface area contributed by atoms with E-state index >= 15 is 0 Å². The molecule has 0 radical (unpaired) electrons. The quantitative estimate of drug-likeness (QED) is 0.728. The summed E-state index contributed by atoms with van der Waals surface area (Å²) >= 11 is 5.93. The molecule has 1 aromatic carbocycles. The van der Waals surface area contributed by atoms with Crippen molar-refractivity contribution in [2.45, 2.75) is 45.8 Å². The highest BCUT2D eigenvalue weighted by Crippen LogP contribution is 2.19. The third-order valence-corrected chi connectivity index (χ3v) is 4.52. The minimum atomic E-state index is 0.0945. The van der Waals surface area contributed by atoms with Gasteiger partial charge in [-0.05, 0) is 57.4 Å². The second kappa shape index (κ2) is 10.0. The van der Waals surface area contributed by atoms with E-state index in [1.807, 2.05) is 26.0 Å². The summed E-state index contributed by atoms with van der Waals surface area (Å²) in [5, 5.41) is 3.82. The van der Waals surface area contributed by atoms with Crippen molar-refractivity contribution >= 4 is 17.5 Å². The van der Waals surface area contributed by atoms with Crippen LogP contribution in [0.4, 0.5) is 0 Å². The molecule has 1 saturated heterocycles. The third-order valence-electron chi connectivity index (χ3n) is 4.27. The first-order valence-electron chi connectivity index (χ1n) is 8.90. The number of nitrogens with one attached hydrogen (secondary N) is 1. The van der Waals surface area contributed by atoms with Crippen LogP contribution in [-0.2, 0) is 16.1 Å². The molecular weight excluding hydrogens is 324 g/mol. The zero-order chi connectivity index (χ0) is 17.4. The van der Waals surface area contributed by atoms with Crippen LogP contribution in [0.3, 0.4) is 0 Å². The maximum atomic E-state index is 12.3. The fourth-order valence-corrected chi connectivity index (χ4v) is 3.13. The molecule has 1 amide bonds. The molecule has 0 unspecified atom stereocenters. The van der Waals surface area contributed by atoms with Gasteiger partial charge in [0.25, 0.3) is 0 Å². The normalized spacial score (nSPS) is 18.8. The van der Waals surface area contributed by atoms with Crippen molar-refractivity contribution in [2.75, 3.05) is 26.2 Å². The van der Waals surface area contributed by atoms with Crippen molar-refractivity contribution in [3.8, 4) is 0 Å². The third kappa shape index (κ3) is 6.80.